The summed E-state index contributed by atoms with van der Waals surface area (Å²) in [5.41, 5.74) is 6.02. The lowest BCUT2D eigenvalue weighted by atomic mass is 9.99. The van der Waals surface area contributed by atoms with Gasteiger partial charge >= 0.3 is 12.0 Å². The number of allylic oxidation sites excluding steroid dienone is 10. The van der Waals surface area contributed by atoms with E-state index in [1.807, 2.05) is 45.1 Å². The molecule has 0 saturated heterocycles. The molecule has 2 atom stereocenters. The van der Waals surface area contributed by atoms with Crippen LogP contribution in [-0.2, 0) is 14.3 Å². The van der Waals surface area contributed by atoms with Crippen LogP contribution in [-0.4, -0.2) is 23.9 Å². The molecular weight excluding hydrogens is 456 g/mol. The van der Waals surface area contributed by atoms with E-state index < -0.39 is 18.1 Å². The molecule has 2 N–H and O–H groups in total. The zero-order valence-electron chi connectivity index (χ0n) is 20.1. The largest absolute Gasteiger partial charge is 0.442 e. The maximum Gasteiger partial charge on any atom is 0.405 e. The van der Waals surface area contributed by atoms with Gasteiger partial charge in [0, 0.05) is 29.1 Å². The molecule has 0 bridgehead atoms. The topological polar surface area (TPSA) is 116 Å². The molecule has 0 saturated carbocycles. The number of primary amides is 1. The molecule has 0 fully saturated rings. The van der Waals surface area contributed by atoms with Crippen molar-refractivity contribution in [1.29, 1.82) is 0 Å². The van der Waals surface area contributed by atoms with E-state index in [4.69, 9.17) is 22.1 Å². The van der Waals surface area contributed by atoms with Crippen molar-refractivity contribution in [3.8, 4) is 0 Å². The zero-order chi connectivity index (χ0) is 25.8. The summed E-state index contributed by atoms with van der Waals surface area (Å²) < 4.78 is 5.04. The van der Waals surface area contributed by atoms with E-state index in [1.165, 1.54) is 6.08 Å². The summed E-state index contributed by atoms with van der Waals surface area (Å²) in [6.07, 6.45) is 19.2. The summed E-state index contributed by atoms with van der Waals surface area (Å²) in [6, 6.07) is 0. The van der Waals surface area contributed by atoms with Crippen LogP contribution in [0.5, 0.6) is 0 Å². The lowest BCUT2D eigenvalue weighted by molar-refractivity contribution is -0.119. The number of carbonyl (C=O) groups excluding carboxylic acids is 3. The highest BCUT2D eigenvalue weighted by Crippen LogP contribution is 2.21. The molecule has 0 aliphatic heterocycles. The molecule has 7 nitrogen and oxygen atoms in total. The number of amides is 2. The normalized spacial score (nSPS) is 14.8. The van der Waals surface area contributed by atoms with Crippen LogP contribution in [0, 0.1) is 10.8 Å². The lowest BCUT2D eigenvalue weighted by Gasteiger charge is -2.13. The van der Waals surface area contributed by atoms with Gasteiger partial charge in [-0.1, -0.05) is 73.6 Å². The number of carbonyl (C=O) groups is 3. The smallest absolute Gasteiger partial charge is 0.405 e. The van der Waals surface area contributed by atoms with Crippen LogP contribution in [0.1, 0.15) is 59.3 Å². The van der Waals surface area contributed by atoms with E-state index in [1.54, 1.807) is 24.3 Å². The summed E-state index contributed by atoms with van der Waals surface area (Å²) in [6.45, 7) is 5.84. The fraction of sp³-hybridized carbons (Fsp3) is 0.423. The third kappa shape index (κ3) is 17.5. The third-order valence-corrected chi connectivity index (χ3v) is 5.15. The Labute approximate surface area is 207 Å². The van der Waals surface area contributed by atoms with Crippen LogP contribution < -0.4 is 5.73 Å². The summed E-state index contributed by atoms with van der Waals surface area (Å²) in [5, 5.41) is 2.92. The van der Waals surface area contributed by atoms with Gasteiger partial charge in [0.2, 0.25) is 0 Å². The monoisotopic (exact) mass is 490 g/mol. The van der Waals surface area contributed by atoms with E-state index in [0.717, 1.165) is 18.1 Å². The van der Waals surface area contributed by atoms with E-state index in [9.17, 15) is 19.3 Å². The molecule has 0 aliphatic rings. The van der Waals surface area contributed by atoms with Crippen molar-refractivity contribution in [1.82, 2.24) is 0 Å². The Balaban J connectivity index is 4.44. The summed E-state index contributed by atoms with van der Waals surface area (Å²) in [5.74, 6) is -0.632. The second-order valence-corrected chi connectivity index (χ2v) is 8.11. The van der Waals surface area contributed by atoms with Crippen molar-refractivity contribution in [2.75, 3.05) is 0 Å². The van der Waals surface area contributed by atoms with E-state index in [2.05, 4.69) is 5.18 Å². The minimum absolute atomic E-state index is 0.0489. The van der Waals surface area contributed by atoms with Crippen LogP contribution in [0.25, 0.3) is 0 Å². The maximum absolute atomic E-state index is 12.2. The first-order valence-electron chi connectivity index (χ1n) is 11.3. The average Bonchev–Trinajstić information content (AvgIpc) is 2.80. The number of Topliss-reactive ketones (excluding diaryl/α,β-unsaturated/α-hetero) is 1. The van der Waals surface area contributed by atoms with Gasteiger partial charge in [-0.25, -0.2) is 4.79 Å². The Kier molecular flexibility index (Phi) is 17.7. The number of ether oxygens (including phenoxy) is 1. The van der Waals surface area contributed by atoms with Gasteiger partial charge in [0.15, 0.2) is 0 Å². The quantitative estimate of drug-likeness (QED) is 0.113. The van der Waals surface area contributed by atoms with Crippen molar-refractivity contribution < 1.29 is 19.1 Å². The van der Waals surface area contributed by atoms with Crippen LogP contribution in [0.15, 0.2) is 76.5 Å². The first-order valence-corrected chi connectivity index (χ1v) is 11.6. The molecule has 8 heteroatoms. The summed E-state index contributed by atoms with van der Waals surface area (Å²) in [7, 11) is 0. The van der Waals surface area contributed by atoms with Crippen molar-refractivity contribution in [2.45, 2.75) is 65.4 Å². The molecule has 2 amide bonds. The molecule has 186 valence electrons. The number of rotatable bonds is 16. The number of ketones is 1. The molecule has 0 aromatic heterocycles. The molecule has 0 aromatic carbocycles. The molecule has 0 radical (unpaired) electrons. The van der Waals surface area contributed by atoms with Crippen molar-refractivity contribution in [2.24, 2.45) is 16.8 Å². The second kappa shape index (κ2) is 19.4. The van der Waals surface area contributed by atoms with Crippen LogP contribution in [0.2, 0.25) is 0 Å². The molecule has 0 aliphatic carbocycles. The molecule has 0 heterocycles. The van der Waals surface area contributed by atoms with Crippen molar-refractivity contribution in [3.63, 3.8) is 0 Å². The van der Waals surface area contributed by atoms with E-state index in [0.29, 0.717) is 37.1 Å². The minimum Gasteiger partial charge on any atom is -0.442 e. The van der Waals surface area contributed by atoms with Crippen LogP contribution >= 0.6 is 11.6 Å². The number of hydrogen-bond acceptors (Lipinski definition) is 5. The molecule has 0 unspecified atom stereocenters. The van der Waals surface area contributed by atoms with Crippen LogP contribution in [0.3, 0.4) is 0 Å². The van der Waals surface area contributed by atoms with Gasteiger partial charge in [-0.2, -0.15) is 0 Å². The molecule has 0 aromatic rings. The highest BCUT2D eigenvalue weighted by molar-refractivity contribution is 6.29. The molecular formula is C26H35ClN2O5. The minimum atomic E-state index is -0.829. The number of nitroso groups, excluding NO2 is 1. The molecule has 0 rings (SSSR count). The number of hydrogen-bond donors (Lipinski definition) is 1. The van der Waals surface area contributed by atoms with Gasteiger partial charge in [0.1, 0.15) is 11.9 Å². The maximum atomic E-state index is 12.2. The summed E-state index contributed by atoms with van der Waals surface area (Å²) >= 11 is 6.34. The van der Waals surface area contributed by atoms with Gasteiger partial charge < -0.3 is 10.5 Å². The standard InChI is InChI=1S/C26H35ClN2O5/c1-4-5-14-23(34-26(28)32)15-10-13-22(30)19-18-21(3)24(27)16-8-6-11-20(2)12-7-9-17-25(31)29-33/h5-9,11-12,14,16-17,21,23H,4,10,13,15,18-19H2,1-3H3,(H2,28,32)/b8-6+,12-7+,14-5+,17-9+,20-11+,24-16-/t21-,23+/m0/s1. The Hall–Kier alpha value is -3.06. The number of nitrogens with two attached hydrogens (primary N) is 1. The Morgan fingerprint density at radius 3 is 2.35 bits per heavy atom. The zero-order valence-corrected chi connectivity index (χ0v) is 20.9. The van der Waals surface area contributed by atoms with Gasteiger partial charge in [0.25, 0.3) is 0 Å². The number of nitrogens with zero attached hydrogens (tertiary/aromatic N) is 1. The fourth-order valence-electron chi connectivity index (χ4n) is 2.72. The van der Waals surface area contributed by atoms with Crippen molar-refractivity contribution >= 4 is 29.4 Å². The molecule has 34 heavy (non-hydrogen) atoms. The van der Waals surface area contributed by atoms with Crippen molar-refractivity contribution in [3.05, 3.63) is 76.3 Å². The van der Waals surface area contributed by atoms with Gasteiger partial charge in [0.05, 0.1) is 0 Å². The molecule has 0 spiro atoms. The predicted octanol–water partition coefficient (Wildman–Crippen LogP) is 6.60. The highest BCUT2D eigenvalue weighted by atomic mass is 35.5. The summed E-state index contributed by atoms with van der Waals surface area (Å²) in [4.78, 5) is 43.8. The van der Waals surface area contributed by atoms with Gasteiger partial charge in [-0.15, -0.1) is 4.91 Å². The van der Waals surface area contributed by atoms with E-state index in [-0.39, 0.29) is 11.7 Å². The highest BCUT2D eigenvalue weighted by Gasteiger charge is 2.12. The third-order valence-electron chi connectivity index (χ3n) is 4.65. The first-order chi connectivity index (χ1) is 16.2. The predicted molar refractivity (Wildman–Crippen MR) is 137 cm³/mol. The Morgan fingerprint density at radius 1 is 1.03 bits per heavy atom. The van der Waals surface area contributed by atoms with E-state index >= 15 is 0 Å². The fourth-order valence-corrected chi connectivity index (χ4v) is 2.90. The average molecular weight is 491 g/mol. The van der Waals surface area contributed by atoms with Crippen LogP contribution in [0.4, 0.5) is 4.79 Å². The Bertz CT molecular complexity index is 853. The number of halogens is 1. The Morgan fingerprint density at radius 2 is 1.71 bits per heavy atom. The second-order valence-electron chi connectivity index (χ2n) is 7.68. The van der Waals surface area contributed by atoms with Gasteiger partial charge in [-0.05, 0) is 50.7 Å². The first kappa shape index (κ1) is 30.9. The SMILES string of the molecule is CC/C=C/[C@H](CCCC(=O)CC[C@H](C)/C(Cl)=C/C=C/C=C(C)/C=C/C=C/C(=O)N=O)OC(N)=O. The van der Waals surface area contributed by atoms with Gasteiger partial charge in [-0.3, -0.25) is 9.59 Å². The lowest BCUT2D eigenvalue weighted by Crippen LogP contribution is -2.21.